The van der Waals surface area contributed by atoms with Gasteiger partial charge in [0.25, 0.3) is 0 Å². The average Bonchev–Trinajstić information content (AvgIpc) is 2.69. The van der Waals surface area contributed by atoms with Gasteiger partial charge in [0.1, 0.15) is 5.60 Å². The predicted octanol–water partition coefficient (Wildman–Crippen LogP) is 5.39. The quantitative estimate of drug-likeness (QED) is 0.556. The Hall–Kier alpha value is -1.79. The number of likely N-dealkylation sites (tertiary alicyclic amines) is 2. The van der Waals surface area contributed by atoms with E-state index in [-0.39, 0.29) is 18.0 Å². The number of carbonyl (C=O) groups is 2. The Bertz CT molecular complexity index is 769. The molecule has 1 amide bonds. The highest BCUT2D eigenvalue weighted by Crippen LogP contribution is 2.33. The molecule has 180 valence electrons. The lowest BCUT2D eigenvalue weighted by Gasteiger charge is -2.40. The molecule has 2 saturated heterocycles. The normalized spacial score (nSPS) is 17.8. The van der Waals surface area contributed by atoms with Crippen molar-refractivity contribution in [3.05, 3.63) is 33.8 Å². The predicted molar refractivity (Wildman–Crippen MR) is 128 cm³/mol. The van der Waals surface area contributed by atoms with Gasteiger partial charge in [-0.1, -0.05) is 31.5 Å². The van der Waals surface area contributed by atoms with Crippen LogP contribution in [-0.4, -0.2) is 60.8 Å². The second-order valence-corrected chi connectivity index (χ2v) is 9.86. The van der Waals surface area contributed by atoms with Crippen molar-refractivity contribution in [2.45, 2.75) is 72.4 Å². The lowest BCUT2D eigenvalue weighted by molar-refractivity contribution is -0.147. The molecule has 0 saturated carbocycles. The maximum atomic E-state index is 12.2. The van der Waals surface area contributed by atoms with Crippen LogP contribution in [0.25, 0.3) is 0 Å². The first-order chi connectivity index (χ1) is 15.1. The number of amides is 1. The van der Waals surface area contributed by atoms with Crippen molar-refractivity contribution in [3.63, 3.8) is 0 Å². The SMILES string of the molecule is CC.COC(=O)C1CCN(Cc2c(C)cc(C3CN(C(=O)OC(C)(C)C)C3)cc2Cl)CC1. The van der Waals surface area contributed by atoms with Crippen molar-refractivity contribution in [3.8, 4) is 0 Å². The monoisotopic (exact) mass is 466 g/mol. The van der Waals surface area contributed by atoms with E-state index in [0.717, 1.165) is 43.1 Å². The summed E-state index contributed by atoms with van der Waals surface area (Å²) in [5.41, 5.74) is 3.00. The highest BCUT2D eigenvalue weighted by molar-refractivity contribution is 6.31. The zero-order valence-corrected chi connectivity index (χ0v) is 21.4. The first-order valence-corrected chi connectivity index (χ1v) is 12.0. The number of esters is 1. The molecule has 6 nitrogen and oxygen atoms in total. The standard InChI is InChI=1S/C23H33ClN2O4.C2H6/c1-15-10-17(18-12-26(13-18)22(28)30-23(2,3)4)11-20(24)19(15)14-25-8-6-16(7-9-25)21(27)29-5;1-2/h10-11,16,18H,6-9,12-14H2,1-5H3;1-2H3. The molecule has 2 aliphatic heterocycles. The minimum atomic E-state index is -0.477. The minimum Gasteiger partial charge on any atom is -0.469 e. The molecule has 2 heterocycles. The van der Waals surface area contributed by atoms with Gasteiger partial charge < -0.3 is 14.4 Å². The lowest BCUT2D eigenvalue weighted by atomic mass is 9.89. The Morgan fingerprint density at radius 1 is 1.12 bits per heavy atom. The number of benzene rings is 1. The van der Waals surface area contributed by atoms with Gasteiger partial charge in [-0.05, 0) is 76.4 Å². The van der Waals surface area contributed by atoms with E-state index in [4.69, 9.17) is 21.1 Å². The Labute approximate surface area is 198 Å². The summed E-state index contributed by atoms with van der Waals surface area (Å²) in [6.07, 6.45) is 1.39. The zero-order valence-electron chi connectivity index (χ0n) is 20.7. The topological polar surface area (TPSA) is 59.1 Å². The van der Waals surface area contributed by atoms with Crippen molar-refractivity contribution in [1.29, 1.82) is 0 Å². The molecule has 7 heteroatoms. The number of carbonyl (C=O) groups excluding carboxylic acids is 2. The number of ether oxygens (including phenoxy) is 2. The first-order valence-electron chi connectivity index (χ1n) is 11.6. The molecule has 0 N–H and O–H groups in total. The van der Waals surface area contributed by atoms with Crippen LogP contribution < -0.4 is 0 Å². The number of rotatable bonds is 4. The van der Waals surface area contributed by atoms with E-state index in [2.05, 4.69) is 17.9 Å². The van der Waals surface area contributed by atoms with E-state index >= 15 is 0 Å². The number of halogens is 1. The second-order valence-electron chi connectivity index (χ2n) is 9.45. The molecular formula is C25H39ClN2O4. The number of piperidine rings is 1. The molecule has 3 rings (SSSR count). The third-order valence-corrected chi connectivity index (χ3v) is 6.29. The molecule has 0 aliphatic carbocycles. The zero-order chi connectivity index (χ0) is 24.1. The molecule has 2 aliphatic rings. The van der Waals surface area contributed by atoms with Crippen LogP contribution in [0.15, 0.2) is 12.1 Å². The number of hydrogen-bond acceptors (Lipinski definition) is 5. The summed E-state index contributed by atoms with van der Waals surface area (Å²) in [6.45, 7) is 15.6. The lowest BCUT2D eigenvalue weighted by Crippen LogP contribution is -2.50. The minimum absolute atomic E-state index is 0.0109. The molecule has 0 bridgehead atoms. The van der Waals surface area contributed by atoms with Crippen molar-refractivity contribution < 1.29 is 19.1 Å². The molecule has 2 fully saturated rings. The fourth-order valence-electron chi connectivity index (χ4n) is 4.12. The maximum Gasteiger partial charge on any atom is 0.410 e. The molecule has 0 atom stereocenters. The smallest absolute Gasteiger partial charge is 0.410 e. The fourth-order valence-corrected chi connectivity index (χ4v) is 4.45. The highest BCUT2D eigenvalue weighted by Gasteiger charge is 2.35. The summed E-state index contributed by atoms with van der Waals surface area (Å²) in [6, 6.07) is 4.24. The molecule has 1 aromatic rings. The molecule has 32 heavy (non-hydrogen) atoms. The summed E-state index contributed by atoms with van der Waals surface area (Å²) in [5, 5.41) is 0.774. The number of methoxy groups -OCH3 is 1. The number of aryl methyl sites for hydroxylation is 1. The average molecular weight is 467 g/mol. The van der Waals surface area contributed by atoms with E-state index < -0.39 is 5.60 Å². The van der Waals surface area contributed by atoms with E-state index in [1.165, 1.54) is 18.2 Å². The maximum absolute atomic E-state index is 12.2. The van der Waals surface area contributed by atoms with E-state index in [0.29, 0.717) is 19.0 Å². The van der Waals surface area contributed by atoms with E-state index in [1.807, 2.05) is 40.7 Å². The van der Waals surface area contributed by atoms with Crippen LogP contribution in [-0.2, 0) is 20.8 Å². The van der Waals surface area contributed by atoms with Gasteiger partial charge in [0.05, 0.1) is 13.0 Å². The Morgan fingerprint density at radius 2 is 1.72 bits per heavy atom. The molecule has 0 unspecified atom stereocenters. The summed E-state index contributed by atoms with van der Waals surface area (Å²) in [5.74, 6) is 0.199. The largest absolute Gasteiger partial charge is 0.469 e. The summed E-state index contributed by atoms with van der Waals surface area (Å²) < 4.78 is 10.3. The molecular weight excluding hydrogens is 428 g/mol. The van der Waals surface area contributed by atoms with Crippen LogP contribution in [0.5, 0.6) is 0 Å². The summed E-state index contributed by atoms with van der Waals surface area (Å²) in [4.78, 5) is 28.0. The van der Waals surface area contributed by atoms with Gasteiger partial charge >= 0.3 is 12.1 Å². The van der Waals surface area contributed by atoms with Gasteiger partial charge in [-0.2, -0.15) is 0 Å². The van der Waals surface area contributed by atoms with Crippen molar-refractivity contribution >= 4 is 23.7 Å². The summed E-state index contributed by atoms with van der Waals surface area (Å²) in [7, 11) is 1.45. The van der Waals surface area contributed by atoms with Crippen molar-refractivity contribution in [2.75, 3.05) is 33.3 Å². The third-order valence-electron chi connectivity index (χ3n) is 5.95. The van der Waals surface area contributed by atoms with Crippen molar-refractivity contribution in [1.82, 2.24) is 9.80 Å². The van der Waals surface area contributed by atoms with Crippen LogP contribution in [0.4, 0.5) is 4.79 Å². The summed E-state index contributed by atoms with van der Waals surface area (Å²) >= 11 is 6.66. The molecule has 0 radical (unpaired) electrons. The van der Waals surface area contributed by atoms with E-state index in [1.54, 1.807) is 4.90 Å². The van der Waals surface area contributed by atoms with Gasteiger partial charge in [-0.25, -0.2) is 4.79 Å². The fraction of sp³-hybridized carbons (Fsp3) is 0.680. The van der Waals surface area contributed by atoms with Gasteiger partial charge in [0.15, 0.2) is 0 Å². The van der Waals surface area contributed by atoms with Crippen LogP contribution in [0.1, 0.15) is 70.1 Å². The van der Waals surface area contributed by atoms with Gasteiger partial charge in [0, 0.05) is 30.6 Å². The van der Waals surface area contributed by atoms with Crippen LogP contribution >= 0.6 is 11.6 Å². The molecule has 0 aromatic heterocycles. The van der Waals surface area contributed by atoms with Gasteiger partial charge in [-0.15, -0.1) is 0 Å². The highest BCUT2D eigenvalue weighted by atomic mass is 35.5. The van der Waals surface area contributed by atoms with E-state index in [9.17, 15) is 9.59 Å². The van der Waals surface area contributed by atoms with Gasteiger partial charge in [-0.3, -0.25) is 9.69 Å². The Kier molecular flexibility index (Phi) is 9.40. The molecule has 0 spiro atoms. The Balaban J connectivity index is 0.00000176. The van der Waals surface area contributed by atoms with Crippen LogP contribution in [0, 0.1) is 12.8 Å². The van der Waals surface area contributed by atoms with Gasteiger partial charge in [0.2, 0.25) is 0 Å². The first kappa shape index (κ1) is 26.5. The number of hydrogen-bond donors (Lipinski definition) is 0. The van der Waals surface area contributed by atoms with Crippen LogP contribution in [0.3, 0.4) is 0 Å². The van der Waals surface area contributed by atoms with Crippen molar-refractivity contribution in [2.24, 2.45) is 5.92 Å². The second kappa shape index (κ2) is 11.4. The Morgan fingerprint density at radius 3 is 2.22 bits per heavy atom. The molecule has 1 aromatic carbocycles. The van der Waals surface area contributed by atoms with Crippen LogP contribution in [0.2, 0.25) is 5.02 Å². The number of nitrogens with zero attached hydrogens (tertiary/aromatic N) is 2. The third kappa shape index (κ3) is 6.85.